The zero-order valence-corrected chi connectivity index (χ0v) is 12.6. The van der Waals surface area contributed by atoms with Gasteiger partial charge in [-0.25, -0.2) is 0 Å². The lowest BCUT2D eigenvalue weighted by atomic mass is 9.92. The van der Waals surface area contributed by atoms with Crippen LogP contribution in [0.4, 0.5) is 0 Å². The lowest BCUT2D eigenvalue weighted by molar-refractivity contribution is 0.114. The van der Waals surface area contributed by atoms with Gasteiger partial charge in [-0.05, 0) is 56.0 Å². The van der Waals surface area contributed by atoms with Crippen LogP contribution < -0.4 is 5.32 Å². The highest BCUT2D eigenvalue weighted by molar-refractivity contribution is 7.09. The topological polar surface area (TPSA) is 15.3 Å². The third kappa shape index (κ3) is 3.59. The number of rotatable bonds is 6. The van der Waals surface area contributed by atoms with Crippen molar-refractivity contribution in [1.29, 1.82) is 0 Å². The molecule has 2 aliphatic rings. The van der Waals surface area contributed by atoms with E-state index in [-0.39, 0.29) is 0 Å². The highest BCUT2D eigenvalue weighted by Crippen LogP contribution is 2.36. The number of nitrogens with zero attached hydrogens (tertiary/aromatic N) is 1. The Morgan fingerprint density at radius 3 is 3.05 bits per heavy atom. The van der Waals surface area contributed by atoms with Crippen molar-refractivity contribution in [2.24, 2.45) is 5.92 Å². The summed E-state index contributed by atoms with van der Waals surface area (Å²) in [5.41, 5.74) is 0. The van der Waals surface area contributed by atoms with Crippen LogP contribution >= 0.6 is 11.3 Å². The number of hydrogen-bond acceptors (Lipinski definition) is 3. The zero-order valence-electron chi connectivity index (χ0n) is 11.8. The molecule has 0 spiro atoms. The van der Waals surface area contributed by atoms with Crippen LogP contribution in [0.25, 0.3) is 0 Å². The summed E-state index contributed by atoms with van der Waals surface area (Å²) < 4.78 is 0. The molecule has 0 bridgehead atoms. The Hall–Kier alpha value is -0.380. The van der Waals surface area contributed by atoms with Crippen LogP contribution in [0, 0.1) is 5.92 Å². The molecule has 2 fully saturated rings. The Morgan fingerprint density at radius 1 is 1.21 bits per heavy atom. The van der Waals surface area contributed by atoms with Crippen LogP contribution in [0.5, 0.6) is 0 Å². The number of fused-ring (bicyclic) bond motifs is 1. The minimum absolute atomic E-state index is 0.924. The molecule has 1 aliphatic carbocycles. The van der Waals surface area contributed by atoms with Crippen molar-refractivity contribution >= 4 is 11.3 Å². The second-order valence-electron chi connectivity index (χ2n) is 6.02. The molecule has 1 aromatic rings. The fraction of sp³-hybridized carbons (Fsp3) is 0.750. The van der Waals surface area contributed by atoms with Gasteiger partial charge in [0.1, 0.15) is 0 Å². The second-order valence-corrected chi connectivity index (χ2v) is 7.05. The van der Waals surface area contributed by atoms with Gasteiger partial charge in [0.15, 0.2) is 0 Å². The van der Waals surface area contributed by atoms with E-state index >= 15 is 0 Å². The zero-order chi connectivity index (χ0) is 12.9. The normalized spacial score (nSPS) is 27.6. The van der Waals surface area contributed by atoms with Crippen LogP contribution in [-0.4, -0.2) is 37.1 Å². The van der Waals surface area contributed by atoms with Crippen molar-refractivity contribution in [3.05, 3.63) is 22.4 Å². The van der Waals surface area contributed by atoms with E-state index in [1.807, 2.05) is 11.3 Å². The predicted octanol–water partition coefficient (Wildman–Crippen LogP) is 3.14. The Balaban J connectivity index is 1.33. The molecule has 2 heterocycles. The van der Waals surface area contributed by atoms with Crippen LogP contribution in [0.3, 0.4) is 0 Å². The van der Waals surface area contributed by atoms with Crippen molar-refractivity contribution < 1.29 is 0 Å². The minimum Gasteiger partial charge on any atom is -0.315 e. The largest absolute Gasteiger partial charge is 0.315 e. The van der Waals surface area contributed by atoms with Crippen molar-refractivity contribution in [1.82, 2.24) is 10.2 Å². The Bertz CT molecular complexity index is 363. The summed E-state index contributed by atoms with van der Waals surface area (Å²) in [7, 11) is 0. The molecule has 1 saturated carbocycles. The summed E-state index contributed by atoms with van der Waals surface area (Å²) in [5, 5.41) is 5.79. The maximum atomic E-state index is 3.62. The van der Waals surface area contributed by atoms with Crippen molar-refractivity contribution in [2.75, 3.05) is 26.2 Å². The van der Waals surface area contributed by atoms with E-state index in [1.165, 1.54) is 56.5 Å². The maximum absolute atomic E-state index is 3.62. The molecule has 0 aromatic carbocycles. The van der Waals surface area contributed by atoms with Crippen LogP contribution in [0.2, 0.25) is 0 Å². The van der Waals surface area contributed by atoms with E-state index in [0.29, 0.717) is 0 Å². The third-order valence-electron chi connectivity index (χ3n) is 4.81. The number of likely N-dealkylation sites (tertiary alicyclic amines) is 1. The van der Waals surface area contributed by atoms with E-state index < -0.39 is 0 Å². The first-order chi connectivity index (χ1) is 9.43. The van der Waals surface area contributed by atoms with Gasteiger partial charge in [0, 0.05) is 30.6 Å². The summed E-state index contributed by atoms with van der Waals surface area (Å²) in [6.07, 6.45) is 8.53. The lowest BCUT2D eigenvalue weighted by Crippen LogP contribution is -2.45. The van der Waals surface area contributed by atoms with Crippen molar-refractivity contribution in [3.8, 4) is 0 Å². The molecule has 1 aliphatic heterocycles. The van der Waals surface area contributed by atoms with Crippen LogP contribution in [0.1, 0.15) is 37.0 Å². The monoisotopic (exact) mass is 278 g/mol. The van der Waals surface area contributed by atoms with Gasteiger partial charge in [-0.3, -0.25) is 4.90 Å². The first kappa shape index (κ1) is 13.6. The molecule has 3 heteroatoms. The standard InChI is InChI=1S/C16H26N2S/c1-4-14-5-2-11-18(16(14)7-1)12-10-17-9-8-15-6-3-13-19-15/h3,6,13-14,16-17H,1-2,4-5,7-12H2. The van der Waals surface area contributed by atoms with Crippen LogP contribution in [0.15, 0.2) is 17.5 Å². The second kappa shape index (κ2) is 6.87. The maximum Gasteiger partial charge on any atom is 0.0124 e. The summed E-state index contributed by atoms with van der Waals surface area (Å²) in [6.45, 7) is 4.89. The molecule has 3 rings (SSSR count). The van der Waals surface area contributed by atoms with Gasteiger partial charge in [0.25, 0.3) is 0 Å². The number of piperidine rings is 1. The van der Waals surface area contributed by atoms with Gasteiger partial charge in [-0.2, -0.15) is 0 Å². The van der Waals surface area contributed by atoms with Gasteiger partial charge in [0.05, 0.1) is 0 Å². The molecule has 2 atom stereocenters. The Morgan fingerprint density at radius 2 is 2.16 bits per heavy atom. The molecular weight excluding hydrogens is 252 g/mol. The minimum atomic E-state index is 0.924. The first-order valence-electron chi connectivity index (χ1n) is 7.90. The highest BCUT2D eigenvalue weighted by Gasteiger charge is 2.34. The van der Waals surface area contributed by atoms with Gasteiger partial charge < -0.3 is 5.32 Å². The summed E-state index contributed by atoms with van der Waals surface area (Å²) >= 11 is 1.87. The predicted molar refractivity (Wildman–Crippen MR) is 82.8 cm³/mol. The van der Waals surface area contributed by atoms with E-state index in [2.05, 4.69) is 27.7 Å². The molecule has 0 radical (unpaired) electrons. The molecule has 2 nitrogen and oxygen atoms in total. The SMILES string of the molecule is c1csc(CCNCCN2CCCC3CCCC32)c1. The van der Waals surface area contributed by atoms with Gasteiger partial charge >= 0.3 is 0 Å². The van der Waals surface area contributed by atoms with Gasteiger partial charge in [0.2, 0.25) is 0 Å². The number of nitrogens with one attached hydrogen (secondary N) is 1. The summed E-state index contributed by atoms with van der Waals surface area (Å²) in [5.74, 6) is 1.03. The van der Waals surface area contributed by atoms with Crippen molar-refractivity contribution in [2.45, 2.75) is 44.6 Å². The van der Waals surface area contributed by atoms with E-state index in [1.54, 1.807) is 0 Å². The molecule has 2 unspecified atom stereocenters. The van der Waals surface area contributed by atoms with E-state index in [0.717, 1.165) is 25.0 Å². The van der Waals surface area contributed by atoms with Crippen LogP contribution in [-0.2, 0) is 6.42 Å². The van der Waals surface area contributed by atoms with Gasteiger partial charge in [-0.15, -0.1) is 11.3 Å². The average molecular weight is 278 g/mol. The Kier molecular flexibility index (Phi) is 4.91. The third-order valence-corrected chi connectivity index (χ3v) is 5.75. The highest BCUT2D eigenvalue weighted by atomic mass is 32.1. The lowest BCUT2D eigenvalue weighted by Gasteiger charge is -2.37. The Labute approximate surface area is 121 Å². The quantitative estimate of drug-likeness (QED) is 0.804. The molecule has 1 saturated heterocycles. The summed E-state index contributed by atoms with van der Waals surface area (Å²) in [4.78, 5) is 4.26. The van der Waals surface area contributed by atoms with Gasteiger partial charge in [-0.1, -0.05) is 12.5 Å². The average Bonchev–Trinajstić information content (AvgIpc) is 3.09. The molecule has 1 aromatic heterocycles. The fourth-order valence-corrected chi connectivity index (χ4v) is 4.56. The number of thiophene rings is 1. The van der Waals surface area contributed by atoms with E-state index in [4.69, 9.17) is 0 Å². The molecular formula is C16H26N2S. The first-order valence-corrected chi connectivity index (χ1v) is 8.78. The van der Waals surface area contributed by atoms with Crippen molar-refractivity contribution in [3.63, 3.8) is 0 Å². The van der Waals surface area contributed by atoms with E-state index in [9.17, 15) is 0 Å². The number of hydrogen-bond donors (Lipinski definition) is 1. The molecule has 0 amide bonds. The smallest absolute Gasteiger partial charge is 0.0124 e. The molecule has 106 valence electrons. The fourth-order valence-electron chi connectivity index (χ4n) is 3.85. The molecule has 19 heavy (non-hydrogen) atoms. The molecule has 1 N–H and O–H groups in total. The summed E-state index contributed by atoms with van der Waals surface area (Å²) in [6, 6.07) is 5.31.